The first kappa shape index (κ1) is 16.7. The van der Waals surface area contributed by atoms with Gasteiger partial charge >= 0.3 is 5.97 Å². The summed E-state index contributed by atoms with van der Waals surface area (Å²) >= 11 is 0. The van der Waals surface area contributed by atoms with Crippen LogP contribution in [0.15, 0.2) is 24.3 Å². The van der Waals surface area contributed by atoms with Gasteiger partial charge in [0.2, 0.25) is 5.91 Å². The minimum absolute atomic E-state index is 0.150. The Balaban J connectivity index is 2.48. The van der Waals surface area contributed by atoms with Gasteiger partial charge in [-0.3, -0.25) is 4.79 Å². The van der Waals surface area contributed by atoms with Crippen molar-refractivity contribution in [3.05, 3.63) is 29.8 Å². The van der Waals surface area contributed by atoms with Gasteiger partial charge in [-0.25, -0.2) is 4.79 Å². The van der Waals surface area contributed by atoms with E-state index in [1.807, 2.05) is 6.92 Å². The Kier molecular flexibility index (Phi) is 6.94. The van der Waals surface area contributed by atoms with Crippen molar-refractivity contribution in [2.24, 2.45) is 0 Å². The summed E-state index contributed by atoms with van der Waals surface area (Å²) in [5.41, 5.74) is 0.891. The third-order valence-corrected chi connectivity index (χ3v) is 2.69. The molecule has 0 aliphatic rings. The lowest BCUT2D eigenvalue weighted by Crippen LogP contribution is -2.24. The first-order valence-electron chi connectivity index (χ1n) is 6.79. The van der Waals surface area contributed by atoms with Gasteiger partial charge in [0.25, 0.3) is 0 Å². The molecule has 0 heterocycles. The minimum atomic E-state index is -1.27. The number of esters is 1. The number of carbonyl (C=O) groups excluding carboxylic acids is 3. The van der Waals surface area contributed by atoms with Crippen LogP contribution in [-0.2, 0) is 14.3 Å². The van der Waals surface area contributed by atoms with Crippen molar-refractivity contribution in [1.29, 1.82) is 0 Å². The average Bonchev–Trinajstić information content (AvgIpc) is 2.46. The van der Waals surface area contributed by atoms with Gasteiger partial charge in [0, 0.05) is 18.1 Å². The second-order valence-electron chi connectivity index (χ2n) is 4.49. The lowest BCUT2D eigenvalue weighted by Gasteiger charge is -2.07. The number of carboxylic acid groups (broad SMARTS) is 1. The summed E-state index contributed by atoms with van der Waals surface area (Å²) < 4.78 is 5.06. The molecule has 0 radical (unpaired) electrons. The Morgan fingerprint density at radius 1 is 1.14 bits per heavy atom. The number of hydrogen-bond donors (Lipinski definition) is 1. The Labute approximate surface area is 123 Å². The SMILES string of the molecule is CCCCOC(=O)c1ccc(NC(=O)CCC(=O)[O-])cc1. The van der Waals surface area contributed by atoms with Crippen LogP contribution in [0.4, 0.5) is 5.69 Å². The second kappa shape index (κ2) is 8.73. The highest BCUT2D eigenvalue weighted by atomic mass is 16.5. The van der Waals surface area contributed by atoms with Crippen LogP contribution in [0.2, 0.25) is 0 Å². The summed E-state index contributed by atoms with van der Waals surface area (Å²) in [6.45, 7) is 2.39. The molecule has 21 heavy (non-hydrogen) atoms. The van der Waals surface area contributed by atoms with Gasteiger partial charge in [0.15, 0.2) is 0 Å². The maximum atomic E-state index is 11.6. The maximum absolute atomic E-state index is 11.6. The quantitative estimate of drug-likeness (QED) is 0.572. The fourth-order valence-electron chi connectivity index (χ4n) is 1.52. The van der Waals surface area contributed by atoms with Gasteiger partial charge < -0.3 is 20.0 Å². The Morgan fingerprint density at radius 3 is 2.38 bits per heavy atom. The third-order valence-electron chi connectivity index (χ3n) is 2.69. The van der Waals surface area contributed by atoms with Crippen LogP contribution in [-0.4, -0.2) is 24.5 Å². The van der Waals surface area contributed by atoms with E-state index in [1.165, 1.54) is 0 Å². The van der Waals surface area contributed by atoms with Gasteiger partial charge in [-0.2, -0.15) is 0 Å². The number of ether oxygens (including phenoxy) is 1. The van der Waals surface area contributed by atoms with Crippen molar-refractivity contribution < 1.29 is 24.2 Å². The minimum Gasteiger partial charge on any atom is -0.550 e. The fourth-order valence-corrected chi connectivity index (χ4v) is 1.52. The molecule has 0 bridgehead atoms. The van der Waals surface area contributed by atoms with Gasteiger partial charge in [-0.15, -0.1) is 0 Å². The van der Waals surface area contributed by atoms with Crippen LogP contribution in [0, 0.1) is 0 Å². The van der Waals surface area contributed by atoms with Gasteiger partial charge in [-0.05, 0) is 37.1 Å². The van der Waals surface area contributed by atoms with Crippen LogP contribution < -0.4 is 10.4 Å². The molecule has 1 aromatic carbocycles. The zero-order chi connectivity index (χ0) is 15.7. The molecule has 0 spiro atoms. The Morgan fingerprint density at radius 2 is 1.81 bits per heavy atom. The number of unbranched alkanes of at least 4 members (excludes halogenated alkanes) is 1. The number of aliphatic carboxylic acids is 1. The van der Waals surface area contributed by atoms with Crippen molar-refractivity contribution in [1.82, 2.24) is 0 Å². The molecule has 0 aromatic heterocycles. The smallest absolute Gasteiger partial charge is 0.338 e. The van der Waals surface area contributed by atoms with Crippen molar-refractivity contribution in [3.8, 4) is 0 Å². The van der Waals surface area contributed by atoms with Crippen LogP contribution >= 0.6 is 0 Å². The number of amides is 1. The number of hydrogen-bond acceptors (Lipinski definition) is 5. The van der Waals surface area contributed by atoms with E-state index in [9.17, 15) is 19.5 Å². The number of carboxylic acids is 1. The molecule has 0 atom stereocenters. The fraction of sp³-hybridized carbons (Fsp3) is 0.400. The van der Waals surface area contributed by atoms with Crippen LogP contribution in [0.5, 0.6) is 0 Å². The summed E-state index contributed by atoms with van der Waals surface area (Å²) in [4.78, 5) is 33.3. The zero-order valence-electron chi connectivity index (χ0n) is 11.9. The van der Waals surface area contributed by atoms with Gasteiger partial charge in [-0.1, -0.05) is 13.3 Å². The zero-order valence-corrected chi connectivity index (χ0v) is 11.9. The van der Waals surface area contributed by atoms with E-state index in [0.29, 0.717) is 17.9 Å². The van der Waals surface area contributed by atoms with E-state index in [4.69, 9.17) is 4.74 Å². The van der Waals surface area contributed by atoms with E-state index in [-0.39, 0.29) is 12.8 Å². The largest absolute Gasteiger partial charge is 0.550 e. The van der Waals surface area contributed by atoms with Crippen LogP contribution in [0.3, 0.4) is 0 Å². The molecule has 0 saturated carbocycles. The Bertz CT molecular complexity index is 495. The molecule has 1 N–H and O–H groups in total. The molecule has 0 aliphatic carbocycles. The normalized spacial score (nSPS) is 9.95. The van der Waals surface area contributed by atoms with Gasteiger partial charge in [0.1, 0.15) is 0 Å². The highest BCUT2D eigenvalue weighted by molar-refractivity contribution is 5.93. The molecule has 1 aromatic rings. The molecule has 0 unspecified atom stereocenters. The molecule has 6 heteroatoms. The topological polar surface area (TPSA) is 95.5 Å². The highest BCUT2D eigenvalue weighted by Crippen LogP contribution is 2.11. The standard InChI is InChI=1S/C15H19NO5/c1-2-3-10-21-15(20)11-4-6-12(7-5-11)16-13(17)8-9-14(18)19/h4-7H,2-3,8-10H2,1H3,(H,16,17)(H,18,19)/p-1. The second-order valence-corrected chi connectivity index (χ2v) is 4.49. The van der Waals surface area contributed by atoms with E-state index in [0.717, 1.165) is 12.8 Å². The van der Waals surface area contributed by atoms with Crippen molar-refractivity contribution in [3.63, 3.8) is 0 Å². The number of carbonyl (C=O) groups is 3. The molecule has 0 saturated heterocycles. The van der Waals surface area contributed by atoms with Crippen molar-refractivity contribution in [2.45, 2.75) is 32.6 Å². The molecule has 114 valence electrons. The molecule has 1 rings (SSSR count). The molecular formula is C15H18NO5-. The number of rotatable bonds is 8. The third kappa shape index (κ3) is 6.56. The van der Waals surface area contributed by atoms with Gasteiger partial charge in [0.05, 0.1) is 12.2 Å². The lowest BCUT2D eigenvalue weighted by molar-refractivity contribution is -0.305. The number of benzene rings is 1. The lowest BCUT2D eigenvalue weighted by atomic mass is 10.2. The number of nitrogens with one attached hydrogen (secondary N) is 1. The first-order valence-corrected chi connectivity index (χ1v) is 6.79. The predicted molar refractivity (Wildman–Crippen MR) is 74.5 cm³/mol. The van der Waals surface area contributed by atoms with E-state index >= 15 is 0 Å². The molecule has 0 fully saturated rings. The van der Waals surface area contributed by atoms with Crippen molar-refractivity contribution in [2.75, 3.05) is 11.9 Å². The van der Waals surface area contributed by atoms with E-state index < -0.39 is 17.8 Å². The summed E-state index contributed by atoms with van der Waals surface area (Å²) in [5, 5.41) is 12.8. The summed E-state index contributed by atoms with van der Waals surface area (Å²) in [6, 6.07) is 6.21. The highest BCUT2D eigenvalue weighted by Gasteiger charge is 2.07. The van der Waals surface area contributed by atoms with Crippen LogP contribution in [0.1, 0.15) is 43.0 Å². The maximum Gasteiger partial charge on any atom is 0.338 e. The number of anilines is 1. The first-order chi connectivity index (χ1) is 10.0. The van der Waals surface area contributed by atoms with E-state index in [2.05, 4.69) is 5.32 Å². The molecule has 1 amide bonds. The molecule has 0 aliphatic heterocycles. The monoisotopic (exact) mass is 292 g/mol. The summed E-state index contributed by atoms with van der Waals surface area (Å²) in [7, 11) is 0. The van der Waals surface area contributed by atoms with Crippen molar-refractivity contribution >= 4 is 23.5 Å². The van der Waals surface area contributed by atoms with Crippen LogP contribution in [0.25, 0.3) is 0 Å². The Hall–Kier alpha value is -2.37. The molecular weight excluding hydrogens is 274 g/mol. The predicted octanol–water partition coefficient (Wildman–Crippen LogP) is 1.11. The molecule has 6 nitrogen and oxygen atoms in total. The summed E-state index contributed by atoms with van der Waals surface area (Å²) in [6.07, 6.45) is 1.29. The average molecular weight is 292 g/mol. The van der Waals surface area contributed by atoms with E-state index in [1.54, 1.807) is 24.3 Å². The summed E-state index contributed by atoms with van der Waals surface area (Å²) in [5.74, 6) is -2.09.